The fourth-order valence-corrected chi connectivity index (χ4v) is 0.366. The number of hydrogen-bond donors (Lipinski definition) is 5. The van der Waals surface area contributed by atoms with Gasteiger partial charge in [0, 0.05) is 0 Å². The first-order valence-electron chi connectivity index (χ1n) is 2.68. The Hall–Kier alpha value is -0.240. The van der Waals surface area contributed by atoms with Crippen molar-refractivity contribution in [2.75, 3.05) is 13.2 Å². The molecule has 0 aliphatic carbocycles. The molecule has 0 aliphatic heterocycles. The minimum absolute atomic E-state index is 0.0556. The van der Waals surface area contributed by atoms with E-state index in [1.807, 2.05) is 0 Å². The number of aliphatic hydroxyl groups is 4. The second-order valence-electron chi connectivity index (χ2n) is 1.71. The molecule has 0 saturated heterocycles. The highest BCUT2D eigenvalue weighted by atomic mass is 16.6. The van der Waals surface area contributed by atoms with Crippen molar-refractivity contribution in [2.24, 2.45) is 0 Å². The molecule has 6 heteroatoms. The van der Waals surface area contributed by atoms with Gasteiger partial charge in [-0.2, -0.15) is 0 Å². The Bertz CT molecular complexity index is 79.7. The summed E-state index contributed by atoms with van der Waals surface area (Å²) in [5, 5.41) is 42.2. The Balaban J connectivity index is 3.69. The van der Waals surface area contributed by atoms with Gasteiger partial charge in [-0.1, -0.05) is 0 Å². The normalized spacial score (nSPS) is 17.4. The van der Waals surface area contributed by atoms with Crippen LogP contribution in [0.2, 0.25) is 0 Å². The van der Waals surface area contributed by atoms with Crippen LogP contribution >= 0.6 is 0 Å². The first kappa shape index (κ1) is 9.76. The number of hydroxylamine groups is 2. The van der Waals surface area contributed by atoms with Gasteiger partial charge in [-0.15, -0.1) is 5.06 Å². The van der Waals surface area contributed by atoms with Gasteiger partial charge in [0.2, 0.25) is 0 Å². The van der Waals surface area contributed by atoms with Gasteiger partial charge >= 0.3 is 0 Å². The third-order valence-electron chi connectivity index (χ3n) is 0.937. The lowest BCUT2D eigenvalue weighted by Gasteiger charge is -2.22. The van der Waals surface area contributed by atoms with Gasteiger partial charge in [-0.3, -0.25) is 0 Å². The topological polar surface area (TPSA) is 104 Å². The molecular weight excluding hydrogens is 142 g/mol. The molecule has 0 rings (SSSR count). The van der Waals surface area contributed by atoms with Crippen molar-refractivity contribution in [1.82, 2.24) is 5.06 Å². The molecular formula is C4H11NO5. The number of rotatable bonds is 4. The molecule has 0 aliphatic rings. The molecule has 0 aromatic rings. The summed E-state index contributed by atoms with van der Waals surface area (Å²) >= 11 is 0. The Morgan fingerprint density at radius 3 is 1.50 bits per heavy atom. The fourth-order valence-electron chi connectivity index (χ4n) is 0.366. The summed E-state index contributed by atoms with van der Waals surface area (Å²) in [6.07, 6.45) is -3.13. The van der Waals surface area contributed by atoms with Crippen LogP contribution in [0.25, 0.3) is 0 Å². The molecule has 0 bridgehead atoms. The summed E-state index contributed by atoms with van der Waals surface area (Å²) < 4.78 is 0. The average molecular weight is 153 g/mol. The first-order valence-corrected chi connectivity index (χ1v) is 2.68. The smallest absolute Gasteiger partial charge is 0.155 e. The minimum atomic E-state index is -1.57. The lowest BCUT2D eigenvalue weighted by Crippen LogP contribution is -2.44. The van der Waals surface area contributed by atoms with Crippen molar-refractivity contribution < 1.29 is 25.6 Å². The summed E-state index contributed by atoms with van der Waals surface area (Å²) in [5.41, 5.74) is 0. The highest BCUT2D eigenvalue weighted by Crippen LogP contribution is 1.94. The van der Waals surface area contributed by atoms with E-state index >= 15 is 0 Å². The number of hydrogen-bond acceptors (Lipinski definition) is 6. The Kier molecular flexibility index (Phi) is 4.45. The van der Waals surface area contributed by atoms with Crippen LogP contribution < -0.4 is 0 Å². The van der Waals surface area contributed by atoms with Crippen molar-refractivity contribution in [2.45, 2.75) is 12.5 Å². The molecule has 0 saturated carbocycles. The summed E-state index contributed by atoms with van der Waals surface area (Å²) in [6, 6.07) is 0. The summed E-state index contributed by atoms with van der Waals surface area (Å²) in [7, 11) is 0. The number of nitrogens with zero attached hydrogens (tertiary/aromatic N) is 1. The van der Waals surface area contributed by atoms with Crippen LogP contribution in [-0.2, 0) is 0 Å². The van der Waals surface area contributed by atoms with E-state index in [9.17, 15) is 0 Å². The molecule has 2 unspecified atom stereocenters. The Labute approximate surface area is 57.5 Å². The SMILES string of the molecule is OCC(O)N(O)C(O)CO. The van der Waals surface area contributed by atoms with Crippen LogP contribution in [0, 0.1) is 0 Å². The predicted molar refractivity (Wildman–Crippen MR) is 29.8 cm³/mol. The van der Waals surface area contributed by atoms with Crippen LogP contribution in [-0.4, -0.2) is 56.4 Å². The van der Waals surface area contributed by atoms with E-state index in [1.165, 1.54) is 0 Å². The lowest BCUT2D eigenvalue weighted by atomic mass is 10.5. The molecule has 5 N–H and O–H groups in total. The van der Waals surface area contributed by atoms with Crippen molar-refractivity contribution >= 4 is 0 Å². The van der Waals surface area contributed by atoms with Crippen molar-refractivity contribution in [3.05, 3.63) is 0 Å². The monoisotopic (exact) mass is 153 g/mol. The second kappa shape index (κ2) is 4.56. The molecule has 0 amide bonds. The maximum Gasteiger partial charge on any atom is 0.155 e. The highest BCUT2D eigenvalue weighted by molar-refractivity contribution is 4.51. The van der Waals surface area contributed by atoms with Crippen molar-refractivity contribution in [3.63, 3.8) is 0 Å². The largest absolute Gasteiger partial charge is 0.392 e. The quantitative estimate of drug-likeness (QED) is 0.222. The van der Waals surface area contributed by atoms with Crippen LogP contribution in [0.4, 0.5) is 0 Å². The predicted octanol–water partition coefficient (Wildman–Crippen LogP) is -2.70. The van der Waals surface area contributed by atoms with Crippen molar-refractivity contribution in [3.8, 4) is 0 Å². The van der Waals surface area contributed by atoms with E-state index in [4.69, 9.17) is 25.6 Å². The zero-order valence-corrected chi connectivity index (χ0v) is 5.25. The first-order chi connectivity index (χ1) is 4.63. The van der Waals surface area contributed by atoms with E-state index in [1.54, 1.807) is 0 Å². The molecule has 0 radical (unpaired) electrons. The van der Waals surface area contributed by atoms with E-state index in [0.717, 1.165) is 0 Å². The Morgan fingerprint density at radius 1 is 1.00 bits per heavy atom. The summed E-state index contributed by atoms with van der Waals surface area (Å²) in [5.74, 6) is 0. The van der Waals surface area contributed by atoms with Gasteiger partial charge in [0.1, 0.15) is 0 Å². The lowest BCUT2D eigenvalue weighted by molar-refractivity contribution is -0.282. The van der Waals surface area contributed by atoms with E-state index in [-0.39, 0.29) is 5.06 Å². The van der Waals surface area contributed by atoms with Gasteiger partial charge in [0.05, 0.1) is 13.2 Å². The molecule has 0 heterocycles. The van der Waals surface area contributed by atoms with Crippen LogP contribution in [0.5, 0.6) is 0 Å². The van der Waals surface area contributed by atoms with Gasteiger partial charge < -0.3 is 25.6 Å². The molecule has 0 fully saturated rings. The van der Waals surface area contributed by atoms with Crippen LogP contribution in [0.15, 0.2) is 0 Å². The maximum absolute atomic E-state index is 8.60. The third kappa shape index (κ3) is 2.56. The standard InChI is InChI=1S/C4H11NO5/c6-1-3(8)5(10)4(9)2-7/h3-4,6-10H,1-2H2. The second-order valence-corrected chi connectivity index (χ2v) is 1.71. The minimum Gasteiger partial charge on any atom is -0.392 e. The van der Waals surface area contributed by atoms with Gasteiger partial charge in [-0.05, 0) is 0 Å². The molecule has 0 spiro atoms. The molecule has 0 aromatic carbocycles. The fraction of sp³-hybridized carbons (Fsp3) is 1.00. The molecule has 6 nitrogen and oxygen atoms in total. The zero-order chi connectivity index (χ0) is 8.15. The van der Waals surface area contributed by atoms with Gasteiger partial charge in [0.15, 0.2) is 12.5 Å². The molecule has 0 aromatic heterocycles. The summed E-state index contributed by atoms with van der Waals surface area (Å²) in [4.78, 5) is 0. The van der Waals surface area contributed by atoms with Crippen LogP contribution in [0.3, 0.4) is 0 Å². The van der Waals surface area contributed by atoms with Gasteiger partial charge in [-0.25, -0.2) is 0 Å². The van der Waals surface area contributed by atoms with Crippen LogP contribution in [0.1, 0.15) is 0 Å². The Morgan fingerprint density at radius 2 is 1.30 bits per heavy atom. The van der Waals surface area contributed by atoms with E-state index in [2.05, 4.69) is 0 Å². The van der Waals surface area contributed by atoms with Crippen molar-refractivity contribution in [1.29, 1.82) is 0 Å². The maximum atomic E-state index is 8.60. The summed E-state index contributed by atoms with van der Waals surface area (Å²) in [6.45, 7) is -1.43. The average Bonchev–Trinajstić information content (AvgIpc) is 2.00. The van der Waals surface area contributed by atoms with Gasteiger partial charge in [0.25, 0.3) is 0 Å². The number of aliphatic hydroxyl groups excluding tert-OH is 4. The highest BCUT2D eigenvalue weighted by Gasteiger charge is 2.18. The third-order valence-corrected chi connectivity index (χ3v) is 0.937. The molecule has 10 heavy (non-hydrogen) atoms. The van der Waals surface area contributed by atoms with E-state index < -0.39 is 25.7 Å². The van der Waals surface area contributed by atoms with E-state index in [0.29, 0.717) is 0 Å². The molecule has 62 valence electrons. The zero-order valence-electron chi connectivity index (χ0n) is 5.25. The molecule has 2 atom stereocenters.